The number of H-pyrrole nitrogens is 1. The molecular formula is C10H8N2OS. The topological polar surface area (TPSA) is 48.4 Å². The van der Waals surface area contributed by atoms with Crippen LogP contribution in [0.4, 0.5) is 0 Å². The predicted molar refractivity (Wildman–Crippen MR) is 58.5 cm³/mol. The van der Waals surface area contributed by atoms with Crippen molar-refractivity contribution in [1.29, 1.82) is 0 Å². The summed E-state index contributed by atoms with van der Waals surface area (Å²) in [7, 11) is 0. The molecule has 1 aromatic carbocycles. The van der Waals surface area contributed by atoms with Crippen LogP contribution in [0, 0.1) is 4.64 Å². The van der Waals surface area contributed by atoms with E-state index in [1.54, 1.807) is 0 Å². The number of benzene rings is 1. The number of aromatic amines is 1. The summed E-state index contributed by atoms with van der Waals surface area (Å²) in [4.78, 5) is 3.06. The lowest BCUT2D eigenvalue weighted by molar-refractivity contribution is 0.322. The zero-order valence-corrected chi connectivity index (χ0v) is 8.08. The van der Waals surface area contributed by atoms with Crippen LogP contribution in [0.3, 0.4) is 0 Å². The Labute approximate surface area is 85.7 Å². The number of hydrogen-bond donors (Lipinski definition) is 2. The predicted octanol–water partition coefficient (Wildman–Crippen LogP) is 2.71. The van der Waals surface area contributed by atoms with Crippen LogP contribution in [-0.2, 0) is 0 Å². The number of pyridine rings is 1. The molecule has 70 valence electrons. The van der Waals surface area contributed by atoms with Crippen molar-refractivity contribution in [3.05, 3.63) is 40.5 Å². The van der Waals surface area contributed by atoms with E-state index in [0.29, 0.717) is 10.2 Å². The minimum atomic E-state index is 0.571. The Bertz CT molecular complexity index is 545. The first-order valence-electron chi connectivity index (χ1n) is 4.11. The highest BCUT2D eigenvalue weighted by Crippen LogP contribution is 2.12. The first-order chi connectivity index (χ1) is 6.81. The minimum absolute atomic E-state index is 0.571. The van der Waals surface area contributed by atoms with Gasteiger partial charge in [-0.3, -0.25) is 0 Å². The Kier molecular flexibility index (Phi) is 2.28. The molecule has 14 heavy (non-hydrogen) atoms. The molecule has 2 rings (SSSR count). The summed E-state index contributed by atoms with van der Waals surface area (Å²) in [6.45, 7) is 0. The lowest BCUT2D eigenvalue weighted by Gasteiger charge is -1.99. The summed E-state index contributed by atoms with van der Waals surface area (Å²) in [5.74, 6) is 0. The average molecular weight is 204 g/mol. The van der Waals surface area contributed by atoms with Crippen molar-refractivity contribution in [2.75, 3.05) is 0 Å². The van der Waals surface area contributed by atoms with Gasteiger partial charge in [0.1, 0.15) is 4.64 Å². The van der Waals surface area contributed by atoms with Crippen LogP contribution in [-0.4, -0.2) is 16.4 Å². The van der Waals surface area contributed by atoms with Gasteiger partial charge in [-0.2, -0.15) is 0 Å². The highest BCUT2D eigenvalue weighted by molar-refractivity contribution is 7.71. The van der Waals surface area contributed by atoms with Crippen LogP contribution in [0.2, 0.25) is 0 Å². The van der Waals surface area contributed by atoms with Crippen molar-refractivity contribution in [3.63, 3.8) is 0 Å². The van der Waals surface area contributed by atoms with Gasteiger partial charge in [0.2, 0.25) is 0 Å². The Hall–Kier alpha value is -1.68. The summed E-state index contributed by atoms with van der Waals surface area (Å²) in [6.07, 6.45) is 1.32. The van der Waals surface area contributed by atoms with E-state index in [1.165, 1.54) is 6.21 Å². The van der Waals surface area contributed by atoms with Crippen molar-refractivity contribution >= 4 is 29.3 Å². The largest absolute Gasteiger partial charge is 0.411 e. The van der Waals surface area contributed by atoms with Crippen molar-refractivity contribution in [1.82, 2.24) is 4.98 Å². The van der Waals surface area contributed by atoms with Crippen molar-refractivity contribution in [2.24, 2.45) is 5.16 Å². The van der Waals surface area contributed by atoms with Gasteiger partial charge in [0.05, 0.1) is 6.21 Å². The fourth-order valence-electron chi connectivity index (χ4n) is 1.32. The Morgan fingerprint density at radius 3 is 2.93 bits per heavy atom. The number of para-hydroxylation sites is 1. The van der Waals surface area contributed by atoms with Crippen LogP contribution >= 0.6 is 12.2 Å². The molecule has 1 aromatic heterocycles. The quantitative estimate of drug-likeness (QED) is 0.325. The van der Waals surface area contributed by atoms with Gasteiger partial charge in [0, 0.05) is 11.1 Å². The number of oxime groups is 1. The molecular weight excluding hydrogens is 196 g/mol. The molecule has 0 aliphatic carbocycles. The summed E-state index contributed by atoms with van der Waals surface area (Å²) in [5.41, 5.74) is 1.69. The van der Waals surface area contributed by atoms with E-state index in [2.05, 4.69) is 10.1 Å². The number of hydrogen-bond acceptors (Lipinski definition) is 3. The molecule has 0 aliphatic heterocycles. The van der Waals surface area contributed by atoms with Crippen molar-refractivity contribution in [2.45, 2.75) is 0 Å². The van der Waals surface area contributed by atoms with Crippen molar-refractivity contribution in [3.8, 4) is 0 Å². The van der Waals surface area contributed by atoms with E-state index in [1.807, 2.05) is 30.3 Å². The molecule has 4 heteroatoms. The molecule has 0 bridgehead atoms. The smallest absolute Gasteiger partial charge is 0.112 e. The third-order valence-electron chi connectivity index (χ3n) is 1.98. The summed E-state index contributed by atoms with van der Waals surface area (Å²) in [5, 5.41) is 12.4. The van der Waals surface area contributed by atoms with Gasteiger partial charge in [0.25, 0.3) is 0 Å². The zero-order chi connectivity index (χ0) is 9.97. The summed E-state index contributed by atoms with van der Waals surface area (Å²) < 4.78 is 0.571. The Morgan fingerprint density at radius 2 is 2.14 bits per heavy atom. The van der Waals surface area contributed by atoms with Crippen molar-refractivity contribution < 1.29 is 5.21 Å². The van der Waals surface area contributed by atoms with E-state index < -0.39 is 0 Å². The molecule has 0 fully saturated rings. The molecule has 0 saturated heterocycles. The average Bonchev–Trinajstić information content (AvgIpc) is 2.19. The number of fused-ring (bicyclic) bond motifs is 1. The highest BCUT2D eigenvalue weighted by atomic mass is 32.1. The molecule has 0 radical (unpaired) electrons. The van der Waals surface area contributed by atoms with Gasteiger partial charge in [-0.15, -0.1) is 0 Å². The van der Waals surface area contributed by atoms with Crippen LogP contribution in [0.25, 0.3) is 10.9 Å². The Balaban J connectivity index is 2.77. The van der Waals surface area contributed by atoms with Gasteiger partial charge < -0.3 is 10.2 Å². The first kappa shape index (κ1) is 8.90. The van der Waals surface area contributed by atoms with E-state index in [-0.39, 0.29) is 0 Å². The van der Waals surface area contributed by atoms with Crippen LogP contribution in [0.1, 0.15) is 5.56 Å². The number of rotatable bonds is 1. The van der Waals surface area contributed by atoms with E-state index in [4.69, 9.17) is 17.4 Å². The lowest BCUT2D eigenvalue weighted by Crippen LogP contribution is -1.88. The second kappa shape index (κ2) is 3.59. The maximum absolute atomic E-state index is 8.43. The monoisotopic (exact) mass is 204 g/mol. The molecule has 0 saturated carbocycles. The van der Waals surface area contributed by atoms with Gasteiger partial charge in [-0.1, -0.05) is 35.6 Å². The third kappa shape index (κ3) is 1.52. The van der Waals surface area contributed by atoms with Crippen LogP contribution in [0.15, 0.2) is 35.5 Å². The highest BCUT2D eigenvalue weighted by Gasteiger charge is 1.96. The molecule has 0 atom stereocenters. The zero-order valence-electron chi connectivity index (χ0n) is 7.27. The van der Waals surface area contributed by atoms with Gasteiger partial charge in [0.15, 0.2) is 0 Å². The van der Waals surface area contributed by atoms with Crippen LogP contribution in [0.5, 0.6) is 0 Å². The molecule has 0 amide bonds. The molecule has 1 heterocycles. The van der Waals surface area contributed by atoms with Gasteiger partial charge in [-0.25, -0.2) is 0 Å². The second-order valence-corrected chi connectivity index (χ2v) is 3.29. The lowest BCUT2D eigenvalue weighted by atomic mass is 10.2. The van der Waals surface area contributed by atoms with Gasteiger partial charge in [-0.05, 0) is 17.5 Å². The molecule has 2 aromatic rings. The van der Waals surface area contributed by atoms with Crippen LogP contribution < -0.4 is 0 Å². The van der Waals surface area contributed by atoms with E-state index in [0.717, 1.165) is 10.9 Å². The Morgan fingerprint density at radius 1 is 1.36 bits per heavy atom. The van der Waals surface area contributed by atoms with Gasteiger partial charge >= 0.3 is 0 Å². The maximum atomic E-state index is 8.43. The van der Waals surface area contributed by atoms with E-state index >= 15 is 0 Å². The number of nitrogens with zero attached hydrogens (tertiary/aromatic N) is 1. The maximum Gasteiger partial charge on any atom is 0.112 e. The standard InChI is InChI=1S/C10H8N2OS/c13-11-6-8-5-7-3-1-2-4-9(7)12-10(8)14/h1-6,13H,(H,12,14)/b11-6+. The third-order valence-corrected chi connectivity index (χ3v) is 2.32. The fourth-order valence-corrected chi connectivity index (χ4v) is 1.54. The number of nitrogens with one attached hydrogen (secondary N) is 1. The molecule has 0 unspecified atom stereocenters. The summed E-state index contributed by atoms with van der Waals surface area (Å²) in [6, 6.07) is 9.68. The molecule has 0 aliphatic rings. The minimum Gasteiger partial charge on any atom is -0.411 e. The molecule has 3 nitrogen and oxygen atoms in total. The first-order valence-corrected chi connectivity index (χ1v) is 4.51. The normalized spacial score (nSPS) is 11.1. The fraction of sp³-hybridized carbons (Fsp3) is 0. The second-order valence-electron chi connectivity index (χ2n) is 2.89. The van der Waals surface area contributed by atoms with E-state index in [9.17, 15) is 0 Å². The molecule has 0 spiro atoms. The molecule has 2 N–H and O–H groups in total. The summed E-state index contributed by atoms with van der Waals surface area (Å²) >= 11 is 5.09. The number of aromatic nitrogens is 1. The SMILES string of the molecule is O/N=C/c1cc2ccccc2[nH]c1=S.